The number of hydrogen-bond acceptors (Lipinski definition) is 9. The summed E-state index contributed by atoms with van der Waals surface area (Å²) in [5.41, 5.74) is 1.55. The number of benzene rings is 2. The lowest BCUT2D eigenvalue weighted by Crippen LogP contribution is -2.54. The molecule has 2 aromatic carbocycles. The van der Waals surface area contributed by atoms with Gasteiger partial charge in [-0.1, -0.05) is 0 Å². The fourth-order valence-electron chi connectivity index (χ4n) is 4.06. The van der Waals surface area contributed by atoms with Gasteiger partial charge in [-0.3, -0.25) is 0 Å². The fraction of sp³-hybridized carbons (Fsp3) is 0.417. The second-order valence-electron chi connectivity index (χ2n) is 9.13. The first kappa shape index (κ1) is 22.0. The molecule has 0 radical (unpaired) electrons. The van der Waals surface area contributed by atoms with Gasteiger partial charge in [0, 0.05) is 29.5 Å². The van der Waals surface area contributed by atoms with Gasteiger partial charge in [0.2, 0.25) is 6.29 Å². The summed E-state index contributed by atoms with van der Waals surface area (Å²) < 4.78 is 22.4. The van der Waals surface area contributed by atoms with Gasteiger partial charge < -0.3 is 44.2 Å². The van der Waals surface area contributed by atoms with Crippen molar-refractivity contribution in [2.75, 3.05) is 6.61 Å². The third-order valence-electron chi connectivity index (χ3n) is 6.17. The zero-order valence-electron chi connectivity index (χ0n) is 18.1. The Labute approximate surface area is 189 Å². The van der Waals surface area contributed by atoms with Gasteiger partial charge in [-0.2, -0.15) is 0 Å². The number of aromatic hydroxyl groups is 2. The molecule has 2 aliphatic heterocycles. The maximum absolute atomic E-state index is 10.4. The van der Waals surface area contributed by atoms with Crippen LogP contribution >= 0.6 is 0 Å². The number of fused-ring (bicyclic) bond motifs is 1. The van der Waals surface area contributed by atoms with Crippen LogP contribution in [0.4, 0.5) is 0 Å². The molecule has 5 rings (SSSR count). The monoisotopic (exact) mass is 458 g/mol. The number of epoxide rings is 1. The molecule has 176 valence electrons. The van der Waals surface area contributed by atoms with Gasteiger partial charge in [-0.05, 0) is 43.7 Å². The van der Waals surface area contributed by atoms with Crippen molar-refractivity contribution in [2.24, 2.45) is 0 Å². The number of ether oxygens (including phenoxy) is 3. The van der Waals surface area contributed by atoms with Gasteiger partial charge in [0.1, 0.15) is 46.9 Å². The number of aliphatic hydroxyl groups is 3. The predicted molar refractivity (Wildman–Crippen MR) is 116 cm³/mol. The zero-order valence-corrected chi connectivity index (χ0v) is 18.1. The summed E-state index contributed by atoms with van der Waals surface area (Å²) >= 11 is 0. The molecule has 5 N–H and O–H groups in total. The average molecular weight is 458 g/mol. The standard InChI is InChI=1S/C24H26O9/c1-24(2)20(33-24)7-11-3-12-6-18(32-19(12)9-16(11)26)13-4-14(25)8-15(5-13)31-23-22(29)21(28)17(27)10-30-23/h3-6,8-9,17,20-23,25-29H,7,10H2,1-2H3/t17-,20?,21+,22-,23+/m1/s1. The minimum absolute atomic E-state index is 0.0509. The Balaban J connectivity index is 1.41. The minimum atomic E-state index is -1.47. The largest absolute Gasteiger partial charge is 0.508 e. The lowest BCUT2D eigenvalue weighted by Gasteiger charge is -2.34. The van der Waals surface area contributed by atoms with Crippen molar-refractivity contribution in [3.05, 3.63) is 42.0 Å². The maximum atomic E-state index is 10.4. The molecular formula is C24H26O9. The third-order valence-corrected chi connectivity index (χ3v) is 6.17. The third kappa shape index (κ3) is 4.25. The molecule has 2 saturated heterocycles. The number of phenolic OH excluding ortho intramolecular Hbond substituents is 2. The van der Waals surface area contributed by atoms with Crippen LogP contribution in [0.1, 0.15) is 19.4 Å². The summed E-state index contributed by atoms with van der Waals surface area (Å²) in [5, 5.41) is 50.9. The van der Waals surface area contributed by atoms with Crippen LogP contribution in [-0.2, 0) is 15.9 Å². The van der Waals surface area contributed by atoms with E-state index in [0.29, 0.717) is 23.3 Å². The van der Waals surface area contributed by atoms with Gasteiger partial charge in [0.05, 0.1) is 18.3 Å². The fourth-order valence-corrected chi connectivity index (χ4v) is 4.06. The molecule has 2 aliphatic rings. The summed E-state index contributed by atoms with van der Waals surface area (Å²) in [6.45, 7) is 3.81. The quantitative estimate of drug-likeness (QED) is 0.363. The van der Waals surface area contributed by atoms with Gasteiger partial charge in [0.25, 0.3) is 0 Å². The maximum Gasteiger partial charge on any atom is 0.228 e. The molecule has 9 heteroatoms. The molecule has 1 aromatic heterocycles. The molecule has 0 amide bonds. The van der Waals surface area contributed by atoms with E-state index in [1.165, 1.54) is 12.1 Å². The lowest BCUT2D eigenvalue weighted by molar-refractivity contribution is -0.242. The van der Waals surface area contributed by atoms with Crippen molar-refractivity contribution < 1.29 is 44.2 Å². The van der Waals surface area contributed by atoms with Crippen LogP contribution in [-0.4, -0.2) is 68.4 Å². The van der Waals surface area contributed by atoms with Gasteiger partial charge >= 0.3 is 0 Å². The minimum Gasteiger partial charge on any atom is -0.508 e. The highest BCUT2D eigenvalue weighted by molar-refractivity contribution is 5.85. The first-order chi connectivity index (χ1) is 15.6. The van der Waals surface area contributed by atoms with Crippen LogP contribution in [0.2, 0.25) is 0 Å². The molecule has 3 aromatic rings. The van der Waals surface area contributed by atoms with E-state index in [4.69, 9.17) is 18.6 Å². The summed E-state index contributed by atoms with van der Waals surface area (Å²) in [6.07, 6.45) is -4.67. The normalized spacial score (nSPS) is 28.7. The summed E-state index contributed by atoms with van der Waals surface area (Å²) in [4.78, 5) is 0. The van der Waals surface area contributed by atoms with E-state index < -0.39 is 24.6 Å². The van der Waals surface area contributed by atoms with Crippen LogP contribution < -0.4 is 4.74 Å². The van der Waals surface area contributed by atoms with Crippen molar-refractivity contribution in [1.29, 1.82) is 0 Å². The van der Waals surface area contributed by atoms with Crippen LogP contribution in [0.15, 0.2) is 40.8 Å². The Hall–Kier alpha value is -2.82. The molecule has 33 heavy (non-hydrogen) atoms. The molecule has 3 heterocycles. The lowest BCUT2D eigenvalue weighted by atomic mass is 10.0. The Morgan fingerprint density at radius 2 is 1.76 bits per heavy atom. The van der Waals surface area contributed by atoms with Crippen LogP contribution in [0, 0.1) is 0 Å². The molecule has 0 spiro atoms. The van der Waals surface area contributed by atoms with E-state index in [0.717, 1.165) is 10.9 Å². The van der Waals surface area contributed by atoms with E-state index in [1.54, 1.807) is 18.2 Å². The molecule has 0 saturated carbocycles. The van der Waals surface area contributed by atoms with E-state index in [2.05, 4.69) is 0 Å². The van der Waals surface area contributed by atoms with Crippen molar-refractivity contribution >= 4 is 11.0 Å². The zero-order chi connectivity index (χ0) is 23.5. The summed E-state index contributed by atoms with van der Waals surface area (Å²) in [7, 11) is 0. The van der Waals surface area contributed by atoms with Gasteiger partial charge in [0.15, 0.2) is 0 Å². The molecule has 5 atom stereocenters. The Bertz CT molecular complexity index is 1180. The van der Waals surface area contributed by atoms with Crippen LogP contribution in [0.3, 0.4) is 0 Å². The van der Waals surface area contributed by atoms with Gasteiger partial charge in [-0.25, -0.2) is 0 Å². The van der Waals surface area contributed by atoms with E-state index in [9.17, 15) is 25.5 Å². The molecule has 2 fully saturated rings. The van der Waals surface area contributed by atoms with Crippen molar-refractivity contribution in [3.8, 4) is 28.6 Å². The number of furan rings is 1. The summed E-state index contributed by atoms with van der Waals surface area (Å²) in [6, 6.07) is 9.62. The number of hydrogen-bond donors (Lipinski definition) is 5. The first-order valence-electron chi connectivity index (χ1n) is 10.7. The molecule has 0 bridgehead atoms. The molecule has 1 unspecified atom stereocenters. The van der Waals surface area contributed by atoms with Crippen molar-refractivity contribution in [1.82, 2.24) is 0 Å². The smallest absolute Gasteiger partial charge is 0.228 e. The average Bonchev–Trinajstić information content (AvgIpc) is 3.15. The number of aliphatic hydroxyl groups excluding tert-OH is 3. The SMILES string of the molecule is CC1(C)OC1Cc1cc2cc(-c3cc(O)cc(O[C@@H]4OC[C@@H](O)[C@H](O)[C@H]4O)c3)oc2cc1O. The Morgan fingerprint density at radius 3 is 2.48 bits per heavy atom. The summed E-state index contributed by atoms with van der Waals surface area (Å²) in [5.74, 6) is 0.630. The molecular weight excluding hydrogens is 432 g/mol. The van der Waals surface area contributed by atoms with E-state index >= 15 is 0 Å². The molecule has 0 aliphatic carbocycles. The topological polar surface area (TPSA) is 145 Å². The van der Waals surface area contributed by atoms with Crippen LogP contribution in [0.25, 0.3) is 22.3 Å². The highest BCUT2D eigenvalue weighted by Gasteiger charge is 2.47. The van der Waals surface area contributed by atoms with Crippen molar-refractivity contribution in [3.63, 3.8) is 0 Å². The van der Waals surface area contributed by atoms with E-state index in [-0.39, 0.29) is 35.6 Å². The Morgan fingerprint density at radius 1 is 1.00 bits per heavy atom. The second kappa shape index (κ2) is 7.89. The number of rotatable bonds is 5. The first-order valence-corrected chi connectivity index (χ1v) is 10.7. The van der Waals surface area contributed by atoms with E-state index in [1.807, 2.05) is 19.9 Å². The Kier molecular flexibility index (Phi) is 5.26. The highest BCUT2D eigenvalue weighted by atomic mass is 16.7. The van der Waals surface area contributed by atoms with Gasteiger partial charge in [-0.15, -0.1) is 0 Å². The molecule has 9 nitrogen and oxygen atoms in total. The highest BCUT2D eigenvalue weighted by Crippen LogP contribution is 2.41. The predicted octanol–water partition coefficient (Wildman–Crippen LogP) is 2.05. The number of phenols is 2. The van der Waals surface area contributed by atoms with Crippen molar-refractivity contribution in [2.45, 2.75) is 56.6 Å². The second-order valence-corrected chi connectivity index (χ2v) is 9.13. The van der Waals surface area contributed by atoms with Crippen LogP contribution in [0.5, 0.6) is 17.2 Å².